The molecule has 18 nitrogen and oxygen atoms in total. The van der Waals surface area contributed by atoms with Gasteiger partial charge in [0, 0.05) is 64.5 Å². The quantitative estimate of drug-likeness (QED) is 0.195. The molecule has 3 fully saturated rings. The maximum absolute atomic E-state index is 15.1. The number of pyridine rings is 1. The average Bonchev–Trinajstić information content (AvgIpc) is 3.78. The largest absolute Gasteiger partial charge is 0.505 e. The zero-order valence-electron chi connectivity index (χ0n) is 36.5. The summed E-state index contributed by atoms with van der Waals surface area (Å²) in [6, 6.07) is 9.74. The van der Waals surface area contributed by atoms with Gasteiger partial charge in [0.2, 0.25) is 29.5 Å². The second kappa shape index (κ2) is 19.9. The molecule has 0 unspecified atom stereocenters. The summed E-state index contributed by atoms with van der Waals surface area (Å²) in [6.45, 7) is 6.65. The van der Waals surface area contributed by atoms with Crippen LogP contribution in [0.25, 0.3) is 0 Å². The number of aromatic hydroxyl groups is 1. The molecule has 18 heteroatoms. The van der Waals surface area contributed by atoms with Crippen molar-refractivity contribution in [3.05, 3.63) is 102 Å². The zero-order chi connectivity index (χ0) is 46.4. The van der Waals surface area contributed by atoms with E-state index in [1.807, 2.05) is 43.3 Å². The molecule has 7 atom stereocenters. The lowest BCUT2D eigenvalue weighted by Gasteiger charge is -2.40. The summed E-state index contributed by atoms with van der Waals surface area (Å²) in [6.07, 6.45) is 0.0151. The van der Waals surface area contributed by atoms with Crippen LogP contribution in [-0.2, 0) is 44.7 Å². The van der Waals surface area contributed by atoms with Crippen LogP contribution in [0.3, 0.4) is 0 Å². The van der Waals surface area contributed by atoms with Crippen molar-refractivity contribution in [2.45, 2.75) is 88.3 Å². The van der Waals surface area contributed by atoms with E-state index in [1.54, 1.807) is 37.3 Å². The number of fused-ring (bicyclic) bond motifs is 2. The molecule has 4 heterocycles. The number of benzene rings is 2. The standard InChI is InChI=1S/C46H54N8O10/c1-7-31-43(60)53-22-12-15-32(53)44(61)52(6)34(23-28-17-19-30(20-18-28)51(4)5)45(62)54-25-26(2)36(56)24-33(54)40(57)50-38(29-13-9-8-10-14-29)46(63)64-27(3)37(41(58)48-31)49-42(59)39-35(55)16-11-21-47-39/h8-11,13-14,16-21,27,31-34,37-38,55H,2,7,12,15,22-25H2,1,3-6H3,(H,48,58)(H,49,59)(H,50,57)/t27-,31-,32+,33+,34+,37+,38+/m1/s1. The van der Waals surface area contributed by atoms with Crippen molar-refractivity contribution in [3.63, 3.8) is 0 Å². The van der Waals surface area contributed by atoms with Gasteiger partial charge in [-0.1, -0.05) is 56.0 Å². The Hall–Kier alpha value is -7.11. The number of nitrogens with zero attached hydrogens (tertiary/aromatic N) is 5. The van der Waals surface area contributed by atoms with Gasteiger partial charge < -0.3 is 45.4 Å². The number of esters is 1. The Morgan fingerprint density at radius 1 is 0.906 bits per heavy atom. The van der Waals surface area contributed by atoms with E-state index in [9.17, 15) is 38.7 Å². The Kier molecular flexibility index (Phi) is 14.5. The molecule has 2 aromatic carbocycles. The number of anilines is 1. The molecule has 0 spiro atoms. The van der Waals surface area contributed by atoms with E-state index in [1.165, 1.54) is 47.0 Å². The fourth-order valence-electron chi connectivity index (χ4n) is 8.17. The molecule has 0 bridgehead atoms. The SMILES string of the molecule is C=C1CN2C(=O)[C@H](Cc3ccc(N(C)C)cc3)N(C)C(=O)[C@@H]3CCCN3C(=O)[C@@H](CC)NC(=O)[C@@H](NC(=O)c3ncccc3O)[C@@H](C)OC(=O)[C@H](c3ccccc3)NC(=O)[C@@H]2CC1=O. The van der Waals surface area contributed by atoms with Crippen molar-refractivity contribution in [3.8, 4) is 5.75 Å². The third-order valence-corrected chi connectivity index (χ3v) is 11.9. The summed E-state index contributed by atoms with van der Waals surface area (Å²) in [4.78, 5) is 124. The van der Waals surface area contributed by atoms with Gasteiger partial charge in [0.1, 0.15) is 42.1 Å². The molecular weight excluding hydrogens is 825 g/mol. The molecule has 3 aliphatic rings. The van der Waals surface area contributed by atoms with Crippen LogP contribution in [0.2, 0.25) is 0 Å². The molecular formula is C46H54N8O10. The number of Topliss-reactive ketones (excluding diaryl/α,β-unsaturated/α-hetero) is 1. The van der Waals surface area contributed by atoms with E-state index < -0.39 is 107 Å². The number of ether oxygens (including phenoxy) is 1. The molecule has 4 N–H and O–H groups in total. The number of carbonyl (C=O) groups is 8. The molecule has 338 valence electrons. The number of nitrogens with one attached hydrogen (secondary N) is 3. The lowest BCUT2D eigenvalue weighted by molar-refractivity contribution is -0.156. The highest BCUT2D eigenvalue weighted by Gasteiger charge is 2.46. The van der Waals surface area contributed by atoms with Crippen LogP contribution >= 0.6 is 0 Å². The maximum Gasteiger partial charge on any atom is 0.333 e. The zero-order valence-corrected chi connectivity index (χ0v) is 36.5. The Morgan fingerprint density at radius 2 is 1.61 bits per heavy atom. The van der Waals surface area contributed by atoms with Gasteiger partial charge in [-0.05, 0) is 61.6 Å². The molecule has 0 radical (unpaired) electrons. The van der Waals surface area contributed by atoms with E-state index in [0.717, 1.165) is 5.69 Å². The van der Waals surface area contributed by atoms with Crippen molar-refractivity contribution >= 4 is 52.9 Å². The first kappa shape index (κ1) is 46.4. The van der Waals surface area contributed by atoms with Crippen LogP contribution in [0.4, 0.5) is 5.69 Å². The summed E-state index contributed by atoms with van der Waals surface area (Å²) in [5.74, 6) is -6.70. The maximum atomic E-state index is 15.1. The van der Waals surface area contributed by atoms with E-state index in [0.29, 0.717) is 12.0 Å². The normalized spacial score (nSPS) is 25.3. The fraction of sp³-hybridized carbons (Fsp3) is 0.413. The third-order valence-electron chi connectivity index (χ3n) is 11.9. The first-order chi connectivity index (χ1) is 30.5. The highest BCUT2D eigenvalue weighted by Crippen LogP contribution is 2.28. The summed E-state index contributed by atoms with van der Waals surface area (Å²) < 4.78 is 5.85. The minimum absolute atomic E-state index is 0.00537. The van der Waals surface area contributed by atoms with Gasteiger partial charge in [-0.3, -0.25) is 33.6 Å². The topological polar surface area (TPSA) is 228 Å². The third kappa shape index (κ3) is 10.1. The summed E-state index contributed by atoms with van der Waals surface area (Å²) >= 11 is 0. The number of aromatic nitrogens is 1. The van der Waals surface area contributed by atoms with E-state index >= 15 is 4.79 Å². The number of ketones is 1. The molecule has 64 heavy (non-hydrogen) atoms. The number of hydrogen-bond donors (Lipinski definition) is 4. The van der Waals surface area contributed by atoms with Gasteiger partial charge in [0.05, 0.1) is 0 Å². The number of cyclic esters (lactones) is 1. The van der Waals surface area contributed by atoms with Crippen LogP contribution in [0.1, 0.15) is 67.2 Å². The number of likely N-dealkylation sites (N-methyl/N-ethyl adjacent to an activating group) is 1. The van der Waals surface area contributed by atoms with Gasteiger partial charge in [-0.2, -0.15) is 0 Å². The summed E-state index contributed by atoms with van der Waals surface area (Å²) in [7, 11) is 5.22. The predicted molar refractivity (Wildman–Crippen MR) is 232 cm³/mol. The van der Waals surface area contributed by atoms with Crippen LogP contribution in [-0.4, -0.2) is 143 Å². The van der Waals surface area contributed by atoms with Gasteiger partial charge in [0.15, 0.2) is 17.5 Å². The summed E-state index contributed by atoms with van der Waals surface area (Å²) in [5, 5.41) is 18.2. The molecule has 3 aromatic rings. The number of piperidine rings is 1. The molecule has 0 aliphatic carbocycles. The molecule has 6 amide bonds. The van der Waals surface area contributed by atoms with Gasteiger partial charge in [-0.25, -0.2) is 9.78 Å². The van der Waals surface area contributed by atoms with Crippen LogP contribution in [0.15, 0.2) is 85.1 Å². The van der Waals surface area contributed by atoms with Crippen molar-refractivity contribution in [1.29, 1.82) is 0 Å². The van der Waals surface area contributed by atoms with E-state index in [-0.39, 0.29) is 43.5 Å². The Morgan fingerprint density at radius 3 is 2.27 bits per heavy atom. The Bertz CT molecular complexity index is 2300. The van der Waals surface area contributed by atoms with Gasteiger partial charge in [0.25, 0.3) is 5.91 Å². The Labute approximate surface area is 371 Å². The van der Waals surface area contributed by atoms with Crippen LogP contribution in [0, 0.1) is 0 Å². The smallest absolute Gasteiger partial charge is 0.333 e. The van der Waals surface area contributed by atoms with E-state index in [4.69, 9.17) is 4.74 Å². The first-order valence-electron chi connectivity index (χ1n) is 21.2. The second-order valence-electron chi connectivity index (χ2n) is 16.4. The molecule has 6 rings (SSSR count). The van der Waals surface area contributed by atoms with Gasteiger partial charge in [-0.15, -0.1) is 0 Å². The molecule has 0 saturated carbocycles. The molecule has 3 aliphatic heterocycles. The number of carbonyl (C=O) groups excluding carboxylic acids is 8. The first-order valence-corrected chi connectivity index (χ1v) is 21.2. The summed E-state index contributed by atoms with van der Waals surface area (Å²) in [5.41, 5.74) is 1.45. The van der Waals surface area contributed by atoms with Crippen molar-refractivity contribution in [2.75, 3.05) is 39.1 Å². The van der Waals surface area contributed by atoms with Gasteiger partial charge >= 0.3 is 5.97 Å². The highest BCUT2D eigenvalue weighted by molar-refractivity contribution is 6.05. The van der Waals surface area contributed by atoms with E-state index in [2.05, 4.69) is 27.5 Å². The minimum atomic E-state index is -1.70. The highest BCUT2D eigenvalue weighted by atomic mass is 16.5. The Balaban J connectivity index is 1.45. The minimum Gasteiger partial charge on any atom is -0.505 e. The average molecular weight is 879 g/mol. The van der Waals surface area contributed by atoms with Crippen molar-refractivity contribution < 1.29 is 48.2 Å². The molecule has 3 saturated heterocycles. The van der Waals surface area contributed by atoms with Crippen molar-refractivity contribution in [1.82, 2.24) is 35.6 Å². The lowest BCUT2D eigenvalue weighted by atomic mass is 9.93. The van der Waals surface area contributed by atoms with Crippen LogP contribution < -0.4 is 20.9 Å². The van der Waals surface area contributed by atoms with Crippen LogP contribution in [0.5, 0.6) is 5.75 Å². The number of rotatable bonds is 7. The molecule has 1 aromatic heterocycles. The predicted octanol–water partition coefficient (Wildman–Crippen LogP) is 1.44. The fourth-order valence-corrected chi connectivity index (χ4v) is 8.17. The number of amides is 6. The van der Waals surface area contributed by atoms with Crippen molar-refractivity contribution in [2.24, 2.45) is 0 Å². The number of hydrogen-bond acceptors (Lipinski definition) is 12. The lowest BCUT2D eigenvalue weighted by Crippen LogP contribution is -2.61. The monoisotopic (exact) mass is 878 g/mol. The second-order valence-corrected chi connectivity index (χ2v) is 16.4.